The zero-order valence-electron chi connectivity index (χ0n) is 15.5. The van der Waals surface area contributed by atoms with Gasteiger partial charge in [0.25, 0.3) is 0 Å². The van der Waals surface area contributed by atoms with E-state index in [-0.39, 0.29) is 0 Å². The second kappa shape index (κ2) is 7.25. The number of nitrogens with zero attached hydrogens (tertiary/aromatic N) is 5. The van der Waals surface area contributed by atoms with Crippen molar-refractivity contribution >= 4 is 0 Å². The number of hydrogen-bond donors (Lipinski definition) is 0. The molecule has 2 heterocycles. The van der Waals surface area contributed by atoms with Crippen molar-refractivity contribution in [2.24, 2.45) is 0 Å². The summed E-state index contributed by atoms with van der Waals surface area (Å²) in [4.78, 5) is 5.18. The molecule has 27 heavy (non-hydrogen) atoms. The van der Waals surface area contributed by atoms with Crippen LogP contribution in [-0.2, 0) is 19.4 Å². The molecule has 5 nitrogen and oxygen atoms in total. The summed E-state index contributed by atoms with van der Waals surface area (Å²) in [5, 5.41) is 8.65. The van der Waals surface area contributed by atoms with Gasteiger partial charge < -0.3 is 0 Å². The van der Waals surface area contributed by atoms with Gasteiger partial charge in [0, 0.05) is 38.8 Å². The van der Waals surface area contributed by atoms with Gasteiger partial charge in [-0.05, 0) is 36.1 Å². The van der Waals surface area contributed by atoms with Crippen molar-refractivity contribution in [3.8, 4) is 5.69 Å². The summed E-state index contributed by atoms with van der Waals surface area (Å²) in [6.07, 6.45) is 4.47. The van der Waals surface area contributed by atoms with Crippen molar-refractivity contribution in [3.05, 3.63) is 77.6 Å². The molecule has 138 valence electrons. The first-order valence-electron chi connectivity index (χ1n) is 9.85. The van der Waals surface area contributed by atoms with Crippen LogP contribution in [0.3, 0.4) is 0 Å². The van der Waals surface area contributed by atoms with E-state index in [4.69, 9.17) is 0 Å². The van der Waals surface area contributed by atoms with Crippen molar-refractivity contribution in [2.45, 2.75) is 25.4 Å². The van der Waals surface area contributed by atoms with Crippen LogP contribution in [0.4, 0.5) is 0 Å². The van der Waals surface area contributed by atoms with Crippen molar-refractivity contribution < 1.29 is 0 Å². The first kappa shape index (κ1) is 16.7. The first-order chi connectivity index (χ1) is 13.3. The quantitative estimate of drug-likeness (QED) is 0.717. The van der Waals surface area contributed by atoms with E-state index in [1.165, 1.54) is 12.8 Å². The number of aromatic nitrogens is 3. The Hall–Kier alpha value is -2.50. The molecule has 1 aliphatic carbocycles. The first-order valence-corrected chi connectivity index (χ1v) is 9.85. The molecule has 0 amide bonds. The second-order valence-corrected chi connectivity index (χ2v) is 7.63. The van der Waals surface area contributed by atoms with Gasteiger partial charge in [-0.15, -0.1) is 5.10 Å². The Morgan fingerprint density at radius 1 is 0.815 bits per heavy atom. The topological polar surface area (TPSA) is 37.2 Å². The van der Waals surface area contributed by atoms with Gasteiger partial charge >= 0.3 is 0 Å². The number of benzene rings is 2. The molecular formula is C22H25N5. The molecule has 3 aromatic rings. The van der Waals surface area contributed by atoms with Gasteiger partial charge in [0.05, 0.1) is 17.6 Å². The van der Waals surface area contributed by atoms with Gasteiger partial charge in [-0.3, -0.25) is 9.80 Å². The summed E-state index contributed by atoms with van der Waals surface area (Å²) >= 11 is 0. The van der Waals surface area contributed by atoms with Gasteiger partial charge in [-0.2, -0.15) is 0 Å². The summed E-state index contributed by atoms with van der Waals surface area (Å²) in [6, 6.07) is 19.8. The maximum atomic E-state index is 4.37. The molecule has 0 bridgehead atoms. The van der Waals surface area contributed by atoms with Crippen LogP contribution in [0.15, 0.2) is 60.8 Å². The fourth-order valence-corrected chi connectivity index (χ4v) is 4.39. The average molecular weight is 359 g/mol. The molecule has 0 atom stereocenters. The van der Waals surface area contributed by atoms with Crippen molar-refractivity contribution in [2.75, 3.05) is 26.2 Å². The minimum Gasteiger partial charge on any atom is -0.297 e. The van der Waals surface area contributed by atoms with Crippen LogP contribution < -0.4 is 0 Å². The molecule has 0 saturated carbocycles. The largest absolute Gasteiger partial charge is 0.297 e. The van der Waals surface area contributed by atoms with Crippen molar-refractivity contribution in [3.63, 3.8) is 0 Å². The second-order valence-electron chi connectivity index (χ2n) is 7.63. The Morgan fingerprint density at radius 3 is 2.19 bits per heavy atom. The predicted molar refractivity (Wildman–Crippen MR) is 106 cm³/mol. The number of rotatable bonds is 4. The Morgan fingerprint density at radius 2 is 1.48 bits per heavy atom. The lowest BCUT2D eigenvalue weighted by atomic mass is 10.1. The molecule has 5 heteroatoms. The monoisotopic (exact) mass is 359 g/mol. The van der Waals surface area contributed by atoms with E-state index < -0.39 is 0 Å². The Bertz CT molecular complexity index is 871. The van der Waals surface area contributed by atoms with Gasteiger partial charge in [0.1, 0.15) is 0 Å². The lowest BCUT2D eigenvalue weighted by Gasteiger charge is -2.37. The van der Waals surface area contributed by atoms with Crippen LogP contribution in [0.5, 0.6) is 0 Å². The van der Waals surface area contributed by atoms with E-state index in [1.54, 1.807) is 11.1 Å². The van der Waals surface area contributed by atoms with E-state index in [2.05, 4.69) is 62.7 Å². The van der Waals surface area contributed by atoms with Crippen LogP contribution in [0.25, 0.3) is 5.69 Å². The van der Waals surface area contributed by atoms with E-state index in [9.17, 15) is 0 Å². The number of fused-ring (bicyclic) bond motifs is 1. The van der Waals surface area contributed by atoms with Crippen LogP contribution in [-0.4, -0.2) is 57.0 Å². The van der Waals surface area contributed by atoms with Crippen LogP contribution in [0, 0.1) is 0 Å². The minimum absolute atomic E-state index is 0.684. The maximum absolute atomic E-state index is 4.37. The summed E-state index contributed by atoms with van der Waals surface area (Å²) < 4.78 is 1.86. The summed E-state index contributed by atoms with van der Waals surface area (Å²) in [5.41, 5.74) is 5.19. The highest BCUT2D eigenvalue weighted by molar-refractivity contribution is 5.33. The molecule has 2 aliphatic rings. The highest BCUT2D eigenvalue weighted by atomic mass is 15.4. The van der Waals surface area contributed by atoms with E-state index in [1.807, 2.05) is 22.9 Å². The van der Waals surface area contributed by atoms with E-state index in [0.717, 1.165) is 44.1 Å². The molecule has 5 rings (SSSR count). The van der Waals surface area contributed by atoms with E-state index in [0.29, 0.717) is 6.04 Å². The van der Waals surface area contributed by atoms with Crippen LogP contribution in [0.1, 0.15) is 16.8 Å². The number of piperazine rings is 1. The Kier molecular flexibility index (Phi) is 4.47. The predicted octanol–water partition coefficient (Wildman–Crippen LogP) is 2.55. The third-order valence-electron chi connectivity index (χ3n) is 5.90. The van der Waals surface area contributed by atoms with E-state index >= 15 is 0 Å². The van der Waals surface area contributed by atoms with Gasteiger partial charge in [0.2, 0.25) is 0 Å². The summed E-state index contributed by atoms with van der Waals surface area (Å²) in [5.74, 6) is 0. The van der Waals surface area contributed by atoms with Gasteiger partial charge in [-0.25, -0.2) is 4.68 Å². The summed E-state index contributed by atoms with van der Waals surface area (Å²) in [6.45, 7) is 5.37. The molecule has 2 aromatic carbocycles. The average Bonchev–Trinajstić information content (AvgIpc) is 3.36. The third kappa shape index (κ3) is 3.53. The van der Waals surface area contributed by atoms with Gasteiger partial charge in [-0.1, -0.05) is 47.7 Å². The van der Waals surface area contributed by atoms with Gasteiger partial charge in [0.15, 0.2) is 0 Å². The molecule has 0 unspecified atom stereocenters. The zero-order chi connectivity index (χ0) is 18.1. The highest BCUT2D eigenvalue weighted by Gasteiger charge is 2.29. The minimum atomic E-state index is 0.684. The Labute approximate surface area is 160 Å². The fraction of sp³-hybridized carbons (Fsp3) is 0.364. The molecular weight excluding hydrogens is 334 g/mol. The summed E-state index contributed by atoms with van der Waals surface area (Å²) in [7, 11) is 0. The SMILES string of the molecule is c1ccc(-n2cc(CN3CCN(C4Cc5ccccc5C4)CC3)nn2)cc1. The number of hydrogen-bond acceptors (Lipinski definition) is 4. The molecule has 1 aromatic heterocycles. The third-order valence-corrected chi connectivity index (χ3v) is 5.90. The number of para-hydroxylation sites is 1. The van der Waals surface area contributed by atoms with Crippen LogP contribution in [0.2, 0.25) is 0 Å². The smallest absolute Gasteiger partial charge is 0.0971 e. The highest BCUT2D eigenvalue weighted by Crippen LogP contribution is 2.26. The van der Waals surface area contributed by atoms with Crippen molar-refractivity contribution in [1.82, 2.24) is 24.8 Å². The molecule has 0 radical (unpaired) electrons. The Balaban J connectivity index is 1.16. The fourth-order valence-electron chi connectivity index (χ4n) is 4.39. The van der Waals surface area contributed by atoms with Crippen molar-refractivity contribution in [1.29, 1.82) is 0 Å². The maximum Gasteiger partial charge on any atom is 0.0971 e. The van der Waals surface area contributed by atoms with Crippen LogP contribution >= 0.6 is 0 Å². The standard InChI is InChI=1S/C22H25N5/c1-2-8-21(9-3-1)27-17-20(23-24-27)16-25-10-12-26(13-11-25)22-14-18-6-4-5-7-19(18)15-22/h1-9,17,22H,10-16H2. The lowest BCUT2D eigenvalue weighted by molar-refractivity contribution is 0.0941. The molecule has 0 N–H and O–H groups in total. The lowest BCUT2D eigenvalue weighted by Crippen LogP contribution is -2.50. The zero-order valence-corrected chi connectivity index (χ0v) is 15.5. The molecule has 1 saturated heterocycles. The molecule has 1 fully saturated rings. The normalized spacial score (nSPS) is 18.7. The molecule has 0 spiro atoms. The molecule has 1 aliphatic heterocycles.